The van der Waals surface area contributed by atoms with Crippen molar-refractivity contribution in [2.24, 2.45) is 0 Å². The van der Waals surface area contributed by atoms with Gasteiger partial charge in [-0.25, -0.2) is 0 Å². The molecule has 4 heteroatoms. The van der Waals surface area contributed by atoms with E-state index in [1.165, 1.54) is 44.9 Å². The van der Waals surface area contributed by atoms with E-state index in [4.69, 9.17) is 4.74 Å². The van der Waals surface area contributed by atoms with Crippen molar-refractivity contribution < 1.29 is 9.53 Å². The molecule has 0 aromatic rings. The van der Waals surface area contributed by atoms with E-state index in [0.29, 0.717) is 18.6 Å². The predicted octanol–water partition coefficient (Wildman–Crippen LogP) is 2.43. The number of carbonyl (C=O) groups is 1. The van der Waals surface area contributed by atoms with Crippen molar-refractivity contribution in [3.8, 4) is 0 Å². The molecule has 4 nitrogen and oxygen atoms in total. The van der Waals surface area contributed by atoms with Crippen molar-refractivity contribution in [3.63, 3.8) is 0 Å². The van der Waals surface area contributed by atoms with Gasteiger partial charge < -0.3 is 9.64 Å². The van der Waals surface area contributed by atoms with Crippen LogP contribution < -0.4 is 5.32 Å². The van der Waals surface area contributed by atoms with Crippen LogP contribution in [0.1, 0.15) is 64.7 Å². The second-order valence-corrected chi connectivity index (χ2v) is 6.74. The summed E-state index contributed by atoms with van der Waals surface area (Å²) in [7, 11) is 0. The van der Waals surface area contributed by atoms with Gasteiger partial charge >= 0.3 is 0 Å². The number of rotatable bonds is 4. The van der Waals surface area contributed by atoms with Gasteiger partial charge in [-0.15, -0.1) is 0 Å². The zero-order valence-corrected chi connectivity index (χ0v) is 12.7. The van der Waals surface area contributed by atoms with Gasteiger partial charge in [-0.1, -0.05) is 32.1 Å². The number of ether oxygens (including phenoxy) is 1. The van der Waals surface area contributed by atoms with Gasteiger partial charge in [0.05, 0.1) is 24.4 Å². The first-order valence-electron chi connectivity index (χ1n) is 8.42. The van der Waals surface area contributed by atoms with Gasteiger partial charge in [0, 0.05) is 6.54 Å². The maximum atomic E-state index is 12.6. The Balaban J connectivity index is 1.48. The highest BCUT2D eigenvalue weighted by atomic mass is 16.5. The minimum atomic E-state index is -0.232. The number of nitrogens with zero attached hydrogens (tertiary/aromatic N) is 1. The zero-order chi connectivity index (χ0) is 14.0. The van der Waals surface area contributed by atoms with Crippen LogP contribution in [-0.4, -0.2) is 41.8 Å². The molecule has 1 amide bonds. The van der Waals surface area contributed by atoms with Crippen molar-refractivity contribution in [1.82, 2.24) is 10.2 Å². The van der Waals surface area contributed by atoms with Gasteiger partial charge in [-0.2, -0.15) is 0 Å². The topological polar surface area (TPSA) is 41.6 Å². The largest absolute Gasteiger partial charge is 0.376 e. The zero-order valence-electron chi connectivity index (χ0n) is 12.7. The third kappa shape index (κ3) is 2.73. The van der Waals surface area contributed by atoms with Crippen LogP contribution in [0.2, 0.25) is 0 Å². The molecule has 1 saturated heterocycles. The Kier molecular flexibility index (Phi) is 4.32. The molecule has 1 N–H and O–H groups in total. The lowest BCUT2D eigenvalue weighted by atomic mass is 9.98. The molecule has 2 saturated carbocycles. The van der Waals surface area contributed by atoms with E-state index in [1.54, 1.807) is 0 Å². The fraction of sp³-hybridized carbons (Fsp3) is 0.938. The Bertz CT molecular complexity index is 346. The summed E-state index contributed by atoms with van der Waals surface area (Å²) in [6.45, 7) is 3.54. The van der Waals surface area contributed by atoms with Gasteiger partial charge in [0.15, 0.2) is 0 Å². The first kappa shape index (κ1) is 14.3. The summed E-state index contributed by atoms with van der Waals surface area (Å²) in [5.74, 6) is 0.315. The number of hydrogen-bond donors (Lipinski definition) is 1. The van der Waals surface area contributed by atoms with E-state index in [9.17, 15) is 4.79 Å². The van der Waals surface area contributed by atoms with Crippen LogP contribution in [0.15, 0.2) is 0 Å². The van der Waals surface area contributed by atoms with Crippen molar-refractivity contribution in [2.75, 3.05) is 13.2 Å². The Labute approximate surface area is 122 Å². The maximum Gasteiger partial charge on any atom is 0.244 e. The normalized spacial score (nSPS) is 30.6. The van der Waals surface area contributed by atoms with Crippen LogP contribution in [0.4, 0.5) is 0 Å². The minimum absolute atomic E-state index is 0.163. The van der Waals surface area contributed by atoms with E-state index in [-0.39, 0.29) is 11.7 Å². The van der Waals surface area contributed by atoms with Gasteiger partial charge in [0.25, 0.3) is 0 Å². The van der Waals surface area contributed by atoms with Crippen LogP contribution >= 0.6 is 0 Å². The lowest BCUT2D eigenvalue weighted by Crippen LogP contribution is -2.44. The Morgan fingerprint density at radius 3 is 2.60 bits per heavy atom. The molecule has 0 aromatic carbocycles. The molecule has 1 unspecified atom stereocenters. The number of hydrogen-bond acceptors (Lipinski definition) is 3. The van der Waals surface area contributed by atoms with E-state index < -0.39 is 0 Å². The van der Waals surface area contributed by atoms with E-state index in [1.807, 2.05) is 4.90 Å². The molecule has 0 bridgehead atoms. The molecule has 114 valence electrons. The molecule has 1 spiro atoms. The SMILES string of the molecule is CC1NC2(CCCC2)C(=O)N1CCOC1CCCCC1. The van der Waals surface area contributed by atoms with Crippen molar-refractivity contribution in [2.45, 2.75) is 82.5 Å². The first-order valence-corrected chi connectivity index (χ1v) is 8.42. The molecule has 2 aliphatic carbocycles. The van der Waals surface area contributed by atoms with Crippen LogP contribution in [0, 0.1) is 0 Å². The van der Waals surface area contributed by atoms with Crippen LogP contribution in [0.3, 0.4) is 0 Å². The molecule has 1 aliphatic heterocycles. The average Bonchev–Trinajstić information content (AvgIpc) is 3.01. The van der Waals surface area contributed by atoms with E-state index >= 15 is 0 Å². The van der Waals surface area contributed by atoms with E-state index in [0.717, 1.165) is 19.4 Å². The fourth-order valence-corrected chi connectivity index (χ4v) is 4.17. The standard InChI is InChI=1S/C16H28N2O2/c1-13-17-16(9-5-6-10-16)15(19)18(13)11-12-20-14-7-3-2-4-8-14/h13-14,17H,2-12H2,1H3. The highest BCUT2D eigenvalue weighted by Gasteiger charge is 2.50. The Morgan fingerprint density at radius 1 is 1.20 bits per heavy atom. The van der Waals surface area contributed by atoms with Gasteiger partial charge in [0.1, 0.15) is 0 Å². The monoisotopic (exact) mass is 280 g/mol. The lowest BCUT2D eigenvalue weighted by molar-refractivity contribution is -0.134. The van der Waals surface area contributed by atoms with Gasteiger partial charge in [-0.3, -0.25) is 10.1 Å². The van der Waals surface area contributed by atoms with Crippen LogP contribution in [0.25, 0.3) is 0 Å². The fourth-order valence-electron chi connectivity index (χ4n) is 4.17. The van der Waals surface area contributed by atoms with Crippen LogP contribution in [-0.2, 0) is 9.53 Å². The third-order valence-electron chi connectivity index (χ3n) is 5.32. The molecular formula is C16H28N2O2. The number of amides is 1. The minimum Gasteiger partial charge on any atom is -0.376 e. The average molecular weight is 280 g/mol. The summed E-state index contributed by atoms with van der Waals surface area (Å²) >= 11 is 0. The third-order valence-corrected chi connectivity index (χ3v) is 5.32. The molecule has 1 heterocycles. The summed E-state index contributed by atoms with van der Waals surface area (Å²) in [6, 6.07) is 0. The molecule has 3 rings (SSSR count). The van der Waals surface area contributed by atoms with Crippen LogP contribution in [0.5, 0.6) is 0 Å². The summed E-state index contributed by atoms with van der Waals surface area (Å²) in [5, 5.41) is 3.54. The Morgan fingerprint density at radius 2 is 1.90 bits per heavy atom. The highest BCUT2D eigenvalue weighted by Crippen LogP contribution is 2.36. The quantitative estimate of drug-likeness (QED) is 0.860. The van der Waals surface area contributed by atoms with E-state index in [2.05, 4.69) is 12.2 Å². The highest BCUT2D eigenvalue weighted by molar-refractivity contribution is 5.89. The summed E-state index contributed by atoms with van der Waals surface area (Å²) in [5.41, 5.74) is -0.232. The second kappa shape index (κ2) is 6.02. The molecular weight excluding hydrogens is 252 g/mol. The first-order chi connectivity index (χ1) is 9.71. The summed E-state index contributed by atoms with van der Waals surface area (Å²) < 4.78 is 5.97. The molecule has 3 aliphatic rings. The smallest absolute Gasteiger partial charge is 0.244 e. The molecule has 0 aromatic heterocycles. The summed E-state index contributed by atoms with van der Waals surface area (Å²) in [6.07, 6.45) is 11.3. The van der Waals surface area contributed by atoms with Gasteiger partial charge in [0.2, 0.25) is 5.91 Å². The lowest BCUT2D eigenvalue weighted by Gasteiger charge is -2.25. The molecule has 1 atom stereocenters. The molecule has 3 fully saturated rings. The van der Waals surface area contributed by atoms with Crippen molar-refractivity contribution in [1.29, 1.82) is 0 Å². The second-order valence-electron chi connectivity index (χ2n) is 6.74. The number of carbonyl (C=O) groups excluding carboxylic acids is 1. The molecule has 0 radical (unpaired) electrons. The number of nitrogens with one attached hydrogen (secondary N) is 1. The maximum absolute atomic E-state index is 12.6. The summed E-state index contributed by atoms with van der Waals surface area (Å²) in [4.78, 5) is 14.6. The van der Waals surface area contributed by atoms with Gasteiger partial charge in [-0.05, 0) is 32.6 Å². The van der Waals surface area contributed by atoms with Crippen molar-refractivity contribution in [3.05, 3.63) is 0 Å². The molecule has 20 heavy (non-hydrogen) atoms. The Hall–Kier alpha value is -0.610. The predicted molar refractivity (Wildman–Crippen MR) is 78.3 cm³/mol. The van der Waals surface area contributed by atoms with Crippen molar-refractivity contribution >= 4 is 5.91 Å².